The molecule has 0 aliphatic heterocycles. The van der Waals surface area contributed by atoms with E-state index < -0.39 is 0 Å². The Hall–Kier alpha value is -1.18. The molecule has 2 rings (SSSR count). The maximum absolute atomic E-state index is 4.78. The van der Waals surface area contributed by atoms with Crippen LogP contribution in [0.3, 0.4) is 0 Å². The fraction of sp³-hybridized carbons (Fsp3) is 0.500. The molecule has 0 radical (unpaired) electrons. The summed E-state index contributed by atoms with van der Waals surface area (Å²) in [6.45, 7) is 9.36. The van der Waals surface area contributed by atoms with E-state index >= 15 is 0 Å². The van der Waals surface area contributed by atoms with Crippen LogP contribution < -0.4 is 5.32 Å². The summed E-state index contributed by atoms with van der Waals surface area (Å²) in [5, 5.41) is 7.45. The third kappa shape index (κ3) is 2.79. The van der Waals surface area contributed by atoms with Crippen LogP contribution in [0.25, 0.3) is 11.5 Å². The molecule has 2 aromatic heterocycles. The lowest BCUT2D eigenvalue weighted by Gasteiger charge is -2.21. The third-order valence-electron chi connectivity index (χ3n) is 3.04. The standard InChI is InChI=1S/C14H20IN5/c1-6-20-9(7-8-17-20)12-18-11(14(2,3)4)10(15)13(16-5)19-12/h7-8H,6H2,1-5H3,(H,16,18,19). The normalized spacial score (nSPS) is 11.7. The zero-order valence-corrected chi connectivity index (χ0v) is 14.7. The van der Waals surface area contributed by atoms with E-state index in [0.29, 0.717) is 0 Å². The Bertz CT molecular complexity index is 613. The monoisotopic (exact) mass is 385 g/mol. The van der Waals surface area contributed by atoms with Gasteiger partial charge in [0.1, 0.15) is 11.5 Å². The van der Waals surface area contributed by atoms with Gasteiger partial charge in [-0.1, -0.05) is 20.8 Å². The molecule has 2 aromatic rings. The van der Waals surface area contributed by atoms with Crippen LogP contribution in [0.1, 0.15) is 33.4 Å². The summed E-state index contributed by atoms with van der Waals surface area (Å²) in [7, 11) is 1.89. The molecule has 0 saturated heterocycles. The van der Waals surface area contributed by atoms with E-state index in [1.807, 2.05) is 17.8 Å². The topological polar surface area (TPSA) is 55.6 Å². The van der Waals surface area contributed by atoms with Gasteiger partial charge in [0, 0.05) is 25.2 Å². The van der Waals surface area contributed by atoms with Gasteiger partial charge in [0.2, 0.25) is 0 Å². The number of anilines is 1. The predicted octanol–water partition coefficient (Wildman–Crippen LogP) is 3.30. The zero-order chi connectivity index (χ0) is 14.9. The van der Waals surface area contributed by atoms with Crippen LogP contribution in [0.5, 0.6) is 0 Å². The van der Waals surface area contributed by atoms with Gasteiger partial charge >= 0.3 is 0 Å². The fourth-order valence-electron chi connectivity index (χ4n) is 2.00. The second kappa shape index (κ2) is 5.67. The molecule has 0 aromatic carbocycles. The van der Waals surface area contributed by atoms with Gasteiger partial charge in [0.25, 0.3) is 0 Å². The van der Waals surface area contributed by atoms with Crippen molar-refractivity contribution in [3.63, 3.8) is 0 Å². The Balaban J connectivity index is 2.66. The molecule has 2 heterocycles. The second-order valence-electron chi connectivity index (χ2n) is 5.59. The van der Waals surface area contributed by atoms with Crippen LogP contribution in [0.15, 0.2) is 12.3 Å². The third-order valence-corrected chi connectivity index (χ3v) is 4.07. The lowest BCUT2D eigenvalue weighted by atomic mass is 9.92. The highest BCUT2D eigenvalue weighted by Crippen LogP contribution is 2.31. The van der Waals surface area contributed by atoms with Crippen molar-refractivity contribution in [2.24, 2.45) is 0 Å². The highest BCUT2D eigenvalue weighted by atomic mass is 127. The summed E-state index contributed by atoms with van der Waals surface area (Å²) >= 11 is 2.31. The maximum Gasteiger partial charge on any atom is 0.180 e. The summed E-state index contributed by atoms with van der Waals surface area (Å²) in [4.78, 5) is 9.41. The molecule has 0 spiro atoms. The summed E-state index contributed by atoms with van der Waals surface area (Å²) in [6, 6.07) is 1.96. The van der Waals surface area contributed by atoms with E-state index in [2.05, 4.69) is 65.7 Å². The van der Waals surface area contributed by atoms with Crippen molar-refractivity contribution in [1.82, 2.24) is 19.7 Å². The first-order valence-corrected chi connectivity index (χ1v) is 7.74. The maximum atomic E-state index is 4.78. The molecular formula is C14H20IN5. The highest BCUT2D eigenvalue weighted by molar-refractivity contribution is 14.1. The summed E-state index contributed by atoms with van der Waals surface area (Å²) in [5.74, 6) is 1.59. The Kier molecular flexibility index (Phi) is 4.31. The molecule has 0 amide bonds. The number of aromatic nitrogens is 4. The van der Waals surface area contributed by atoms with Gasteiger partial charge in [0.15, 0.2) is 5.82 Å². The average molecular weight is 385 g/mol. The number of rotatable bonds is 3. The summed E-state index contributed by atoms with van der Waals surface area (Å²) < 4.78 is 2.98. The van der Waals surface area contributed by atoms with Crippen LogP contribution in [-0.2, 0) is 12.0 Å². The lowest BCUT2D eigenvalue weighted by Crippen LogP contribution is -2.19. The minimum atomic E-state index is -0.0309. The number of nitrogens with one attached hydrogen (secondary N) is 1. The summed E-state index contributed by atoms with van der Waals surface area (Å²) in [5.41, 5.74) is 1.97. The van der Waals surface area contributed by atoms with Gasteiger partial charge in [0.05, 0.1) is 9.26 Å². The van der Waals surface area contributed by atoms with Gasteiger partial charge in [-0.25, -0.2) is 9.97 Å². The van der Waals surface area contributed by atoms with Crippen molar-refractivity contribution in [2.45, 2.75) is 39.7 Å². The molecule has 0 saturated carbocycles. The van der Waals surface area contributed by atoms with Crippen LogP contribution in [0.2, 0.25) is 0 Å². The number of hydrogen-bond acceptors (Lipinski definition) is 4. The lowest BCUT2D eigenvalue weighted by molar-refractivity contribution is 0.563. The van der Waals surface area contributed by atoms with E-state index in [9.17, 15) is 0 Å². The van der Waals surface area contributed by atoms with E-state index in [-0.39, 0.29) is 5.41 Å². The molecule has 108 valence electrons. The molecule has 0 atom stereocenters. The Labute approximate surface area is 133 Å². The van der Waals surface area contributed by atoms with Gasteiger partial charge in [-0.3, -0.25) is 4.68 Å². The molecule has 5 nitrogen and oxygen atoms in total. The van der Waals surface area contributed by atoms with E-state index in [4.69, 9.17) is 4.98 Å². The molecule has 6 heteroatoms. The first-order chi connectivity index (χ1) is 9.38. The van der Waals surface area contributed by atoms with Crippen molar-refractivity contribution in [1.29, 1.82) is 0 Å². The van der Waals surface area contributed by atoms with Crippen molar-refractivity contribution in [3.8, 4) is 11.5 Å². The Morgan fingerprint density at radius 2 is 2.00 bits per heavy atom. The number of aryl methyl sites for hydroxylation is 1. The molecular weight excluding hydrogens is 365 g/mol. The number of nitrogens with zero attached hydrogens (tertiary/aromatic N) is 4. The largest absolute Gasteiger partial charge is 0.372 e. The number of hydrogen-bond donors (Lipinski definition) is 1. The zero-order valence-electron chi connectivity index (χ0n) is 12.5. The molecule has 0 aliphatic rings. The van der Waals surface area contributed by atoms with Crippen molar-refractivity contribution in [2.75, 3.05) is 12.4 Å². The Morgan fingerprint density at radius 3 is 2.55 bits per heavy atom. The quantitative estimate of drug-likeness (QED) is 0.824. The molecule has 0 bridgehead atoms. The highest BCUT2D eigenvalue weighted by Gasteiger charge is 2.24. The van der Waals surface area contributed by atoms with Gasteiger partial charge < -0.3 is 5.32 Å². The predicted molar refractivity (Wildman–Crippen MR) is 89.9 cm³/mol. The molecule has 0 fully saturated rings. The van der Waals surface area contributed by atoms with E-state index in [0.717, 1.165) is 33.1 Å². The first kappa shape index (κ1) is 15.2. The van der Waals surface area contributed by atoms with Crippen molar-refractivity contribution in [3.05, 3.63) is 21.5 Å². The average Bonchev–Trinajstić information content (AvgIpc) is 2.86. The van der Waals surface area contributed by atoms with E-state index in [1.165, 1.54) is 0 Å². The fourth-order valence-corrected chi connectivity index (χ4v) is 3.32. The van der Waals surface area contributed by atoms with Crippen molar-refractivity contribution < 1.29 is 0 Å². The molecule has 20 heavy (non-hydrogen) atoms. The first-order valence-electron chi connectivity index (χ1n) is 6.66. The van der Waals surface area contributed by atoms with Crippen molar-refractivity contribution >= 4 is 28.4 Å². The van der Waals surface area contributed by atoms with Crippen LogP contribution >= 0.6 is 22.6 Å². The molecule has 0 aliphatic carbocycles. The van der Waals surface area contributed by atoms with Gasteiger partial charge in [-0.15, -0.1) is 0 Å². The Morgan fingerprint density at radius 1 is 1.30 bits per heavy atom. The summed E-state index contributed by atoms with van der Waals surface area (Å²) in [6.07, 6.45) is 1.79. The minimum Gasteiger partial charge on any atom is -0.372 e. The smallest absolute Gasteiger partial charge is 0.180 e. The van der Waals surface area contributed by atoms with E-state index in [1.54, 1.807) is 6.20 Å². The van der Waals surface area contributed by atoms with Crippen LogP contribution in [0.4, 0.5) is 5.82 Å². The van der Waals surface area contributed by atoms with Crippen LogP contribution in [-0.4, -0.2) is 26.8 Å². The minimum absolute atomic E-state index is 0.0309. The SMILES string of the molecule is CCn1nccc1-c1nc(NC)c(I)c(C(C)(C)C)n1. The molecule has 0 unspecified atom stereocenters. The van der Waals surface area contributed by atoms with Gasteiger partial charge in [-0.05, 0) is 35.6 Å². The van der Waals surface area contributed by atoms with Gasteiger partial charge in [-0.2, -0.15) is 5.10 Å². The second-order valence-corrected chi connectivity index (χ2v) is 6.67. The number of halogens is 1. The molecule has 1 N–H and O–H groups in total. The van der Waals surface area contributed by atoms with Crippen LogP contribution in [0, 0.1) is 3.57 Å².